The molecule has 4 rings (SSSR count). The highest BCUT2D eigenvalue weighted by molar-refractivity contribution is 5.86. The lowest BCUT2D eigenvalue weighted by Crippen LogP contribution is -2.42. The SMILES string of the molecule is CN(C)C(=O)CNC(=O)[C@H]1[C@H]2CC[C@H](C2)[C@@H]1c1nc(-c2ccccc2)no1. The standard InChI is InChI=1S/C20H24N4O3/c1-24(2)15(25)11-21-19(26)16-13-8-9-14(10-13)17(16)20-22-18(23-27-20)12-6-4-3-5-7-12/h3-7,13-14,16-17H,8-11H2,1-2H3,(H,21,26)/t13-,14+,16-,17-/m0/s1. The van der Waals surface area contributed by atoms with Gasteiger partial charge in [0.15, 0.2) is 0 Å². The number of nitrogens with one attached hydrogen (secondary N) is 1. The molecule has 142 valence electrons. The highest BCUT2D eigenvalue weighted by Gasteiger charge is 2.53. The van der Waals surface area contributed by atoms with Crippen molar-refractivity contribution < 1.29 is 14.1 Å². The molecule has 1 aromatic carbocycles. The van der Waals surface area contributed by atoms with Crippen molar-refractivity contribution in [1.29, 1.82) is 0 Å². The van der Waals surface area contributed by atoms with Gasteiger partial charge in [0, 0.05) is 19.7 Å². The van der Waals surface area contributed by atoms with Crippen LogP contribution in [0.2, 0.25) is 0 Å². The number of amides is 2. The van der Waals surface area contributed by atoms with Crippen LogP contribution in [0.3, 0.4) is 0 Å². The van der Waals surface area contributed by atoms with E-state index >= 15 is 0 Å². The number of hydrogen-bond acceptors (Lipinski definition) is 5. The van der Waals surface area contributed by atoms with Gasteiger partial charge in [-0.1, -0.05) is 35.5 Å². The van der Waals surface area contributed by atoms with E-state index in [1.807, 2.05) is 30.3 Å². The van der Waals surface area contributed by atoms with Crippen molar-refractivity contribution in [2.75, 3.05) is 20.6 Å². The minimum atomic E-state index is -0.206. The average molecular weight is 368 g/mol. The van der Waals surface area contributed by atoms with Crippen LogP contribution in [0.5, 0.6) is 0 Å². The van der Waals surface area contributed by atoms with Gasteiger partial charge >= 0.3 is 0 Å². The molecule has 0 unspecified atom stereocenters. The summed E-state index contributed by atoms with van der Waals surface area (Å²) < 4.78 is 5.58. The highest BCUT2D eigenvalue weighted by Crippen LogP contribution is 2.56. The normalized spacial score (nSPS) is 26.1. The Morgan fingerprint density at radius 2 is 1.93 bits per heavy atom. The van der Waals surface area contributed by atoms with Gasteiger partial charge in [0.2, 0.25) is 23.5 Å². The van der Waals surface area contributed by atoms with Gasteiger partial charge in [-0.05, 0) is 31.1 Å². The van der Waals surface area contributed by atoms with Crippen LogP contribution < -0.4 is 5.32 Å². The van der Waals surface area contributed by atoms with E-state index in [1.54, 1.807) is 14.1 Å². The number of benzene rings is 1. The fourth-order valence-corrected chi connectivity index (χ4v) is 4.54. The number of aromatic nitrogens is 2. The molecule has 0 spiro atoms. The third-order valence-electron chi connectivity index (χ3n) is 5.89. The Morgan fingerprint density at radius 1 is 1.19 bits per heavy atom. The molecule has 0 saturated heterocycles. The van der Waals surface area contributed by atoms with Gasteiger partial charge in [-0.25, -0.2) is 0 Å². The predicted octanol–water partition coefficient (Wildman–Crippen LogP) is 2.07. The fourth-order valence-electron chi connectivity index (χ4n) is 4.54. The fraction of sp³-hybridized carbons (Fsp3) is 0.500. The van der Waals surface area contributed by atoms with E-state index in [9.17, 15) is 9.59 Å². The Hall–Kier alpha value is -2.70. The van der Waals surface area contributed by atoms with Crippen molar-refractivity contribution in [1.82, 2.24) is 20.4 Å². The monoisotopic (exact) mass is 368 g/mol. The number of fused-ring (bicyclic) bond motifs is 2. The van der Waals surface area contributed by atoms with Gasteiger partial charge in [0.1, 0.15) is 0 Å². The molecule has 27 heavy (non-hydrogen) atoms. The number of likely N-dealkylation sites (N-methyl/N-ethyl adjacent to an activating group) is 1. The maximum Gasteiger partial charge on any atom is 0.241 e. The first-order valence-electron chi connectivity index (χ1n) is 9.41. The van der Waals surface area contributed by atoms with Crippen LogP contribution in [-0.2, 0) is 9.59 Å². The Balaban J connectivity index is 1.53. The quantitative estimate of drug-likeness (QED) is 0.873. The van der Waals surface area contributed by atoms with Crippen molar-refractivity contribution >= 4 is 11.8 Å². The van der Waals surface area contributed by atoms with Crippen molar-refractivity contribution in [2.45, 2.75) is 25.2 Å². The second-order valence-electron chi connectivity index (χ2n) is 7.71. The lowest BCUT2D eigenvalue weighted by atomic mass is 9.78. The largest absolute Gasteiger partial charge is 0.347 e. The maximum absolute atomic E-state index is 12.9. The zero-order valence-electron chi connectivity index (χ0n) is 15.6. The van der Waals surface area contributed by atoms with Gasteiger partial charge in [-0.3, -0.25) is 9.59 Å². The number of rotatable bonds is 5. The highest BCUT2D eigenvalue weighted by atomic mass is 16.5. The van der Waals surface area contributed by atoms with Gasteiger partial charge in [0.25, 0.3) is 0 Å². The number of carbonyl (C=O) groups excluding carboxylic acids is 2. The molecule has 7 heteroatoms. The van der Waals surface area contributed by atoms with Crippen LogP contribution in [0.1, 0.15) is 31.1 Å². The molecule has 2 aliphatic rings. The van der Waals surface area contributed by atoms with Crippen LogP contribution in [0.25, 0.3) is 11.4 Å². The first kappa shape index (κ1) is 17.7. The Labute approximate surface area is 158 Å². The molecular formula is C20H24N4O3. The summed E-state index contributed by atoms with van der Waals surface area (Å²) in [5.41, 5.74) is 0.897. The third kappa shape index (κ3) is 3.34. The molecule has 0 aliphatic heterocycles. The van der Waals surface area contributed by atoms with E-state index in [1.165, 1.54) is 4.90 Å². The van der Waals surface area contributed by atoms with Gasteiger partial charge < -0.3 is 14.7 Å². The van der Waals surface area contributed by atoms with Crippen LogP contribution in [0, 0.1) is 17.8 Å². The minimum absolute atomic E-state index is 0.0194. The second-order valence-corrected chi connectivity index (χ2v) is 7.71. The molecule has 4 atom stereocenters. The number of nitrogens with zero attached hydrogens (tertiary/aromatic N) is 3. The van der Waals surface area contributed by atoms with Gasteiger partial charge in [0.05, 0.1) is 18.4 Å². The zero-order valence-corrected chi connectivity index (χ0v) is 15.6. The first-order valence-corrected chi connectivity index (χ1v) is 9.41. The first-order chi connectivity index (χ1) is 13.0. The van der Waals surface area contributed by atoms with Crippen LogP contribution in [0.15, 0.2) is 34.9 Å². The summed E-state index contributed by atoms with van der Waals surface area (Å²) in [4.78, 5) is 30.7. The van der Waals surface area contributed by atoms with E-state index in [0.29, 0.717) is 23.6 Å². The van der Waals surface area contributed by atoms with Gasteiger partial charge in [-0.15, -0.1) is 0 Å². The van der Waals surface area contributed by atoms with E-state index in [4.69, 9.17) is 4.52 Å². The molecule has 2 saturated carbocycles. The summed E-state index contributed by atoms with van der Waals surface area (Å²) in [6.45, 7) is 0.0194. The molecule has 1 N–H and O–H groups in total. The Kier molecular flexibility index (Phi) is 4.68. The van der Waals surface area contributed by atoms with Gasteiger partial charge in [-0.2, -0.15) is 4.98 Å². The molecule has 2 fully saturated rings. The molecule has 1 heterocycles. The third-order valence-corrected chi connectivity index (χ3v) is 5.89. The zero-order chi connectivity index (χ0) is 19.0. The van der Waals surface area contributed by atoms with E-state index in [-0.39, 0.29) is 30.2 Å². The molecule has 2 amide bonds. The van der Waals surface area contributed by atoms with E-state index in [0.717, 1.165) is 24.8 Å². The van der Waals surface area contributed by atoms with Crippen molar-refractivity contribution in [3.63, 3.8) is 0 Å². The topological polar surface area (TPSA) is 88.3 Å². The van der Waals surface area contributed by atoms with Crippen molar-refractivity contribution in [3.8, 4) is 11.4 Å². The average Bonchev–Trinajstić information content (AvgIpc) is 3.41. The molecule has 0 radical (unpaired) electrons. The maximum atomic E-state index is 12.9. The summed E-state index contributed by atoms with van der Waals surface area (Å²) in [5, 5.41) is 6.94. The predicted molar refractivity (Wildman–Crippen MR) is 98.5 cm³/mol. The summed E-state index contributed by atoms with van der Waals surface area (Å²) >= 11 is 0. The van der Waals surface area contributed by atoms with Crippen LogP contribution in [0.4, 0.5) is 0 Å². The molecule has 7 nitrogen and oxygen atoms in total. The number of hydrogen-bond donors (Lipinski definition) is 1. The molecule has 2 aromatic rings. The molecule has 1 aromatic heterocycles. The molecule has 2 aliphatic carbocycles. The lowest BCUT2D eigenvalue weighted by molar-refractivity contribution is -0.133. The van der Waals surface area contributed by atoms with Crippen LogP contribution in [-0.4, -0.2) is 47.5 Å². The lowest BCUT2D eigenvalue weighted by Gasteiger charge is -2.27. The Bertz CT molecular complexity index is 833. The molecule has 2 bridgehead atoms. The van der Waals surface area contributed by atoms with Crippen molar-refractivity contribution in [2.24, 2.45) is 17.8 Å². The smallest absolute Gasteiger partial charge is 0.241 e. The van der Waals surface area contributed by atoms with Crippen molar-refractivity contribution in [3.05, 3.63) is 36.2 Å². The summed E-state index contributed by atoms with van der Waals surface area (Å²) in [6, 6.07) is 9.68. The number of carbonyl (C=O) groups is 2. The van der Waals surface area contributed by atoms with E-state index < -0.39 is 0 Å². The summed E-state index contributed by atoms with van der Waals surface area (Å²) in [5.74, 6) is 1.33. The van der Waals surface area contributed by atoms with Crippen LogP contribution >= 0.6 is 0 Å². The Morgan fingerprint density at radius 3 is 2.67 bits per heavy atom. The summed E-state index contributed by atoms with van der Waals surface area (Å²) in [6.07, 6.45) is 3.13. The second kappa shape index (κ2) is 7.13. The minimum Gasteiger partial charge on any atom is -0.347 e. The molecular weight excluding hydrogens is 344 g/mol. The van der Waals surface area contributed by atoms with E-state index in [2.05, 4.69) is 15.5 Å². The summed E-state index contributed by atoms with van der Waals surface area (Å²) in [7, 11) is 3.36.